The number of amides is 1. The van der Waals surface area contributed by atoms with Gasteiger partial charge in [0.25, 0.3) is 5.69 Å². The van der Waals surface area contributed by atoms with Crippen LogP contribution in [-0.4, -0.2) is 21.6 Å². The van der Waals surface area contributed by atoms with Crippen LogP contribution in [0.4, 0.5) is 5.69 Å². The van der Waals surface area contributed by atoms with E-state index in [1.807, 2.05) is 41.1 Å². The summed E-state index contributed by atoms with van der Waals surface area (Å²) < 4.78 is 2.04. The van der Waals surface area contributed by atoms with Gasteiger partial charge in [0.2, 0.25) is 5.91 Å². The molecular weight excluding hydrogens is 463 g/mol. The summed E-state index contributed by atoms with van der Waals surface area (Å²) in [5, 5.41) is 17.3. The van der Waals surface area contributed by atoms with Crippen molar-refractivity contribution in [3.8, 4) is 0 Å². The average Bonchev–Trinajstić information content (AvgIpc) is 3.13. The second kappa shape index (κ2) is 9.85. The molecule has 0 spiro atoms. The Morgan fingerprint density at radius 2 is 1.82 bits per heavy atom. The van der Waals surface area contributed by atoms with Crippen molar-refractivity contribution in [1.29, 1.82) is 0 Å². The smallest absolute Gasteiger partial charge is 0.273 e. The lowest BCUT2D eigenvalue weighted by molar-refractivity contribution is -0.385. The van der Waals surface area contributed by atoms with Crippen LogP contribution in [0, 0.1) is 10.1 Å². The van der Waals surface area contributed by atoms with E-state index in [1.165, 1.54) is 6.07 Å². The third-order valence-corrected chi connectivity index (χ3v) is 5.69. The molecule has 0 aliphatic rings. The number of nitrogens with one attached hydrogen (secondary N) is 1. The highest BCUT2D eigenvalue weighted by molar-refractivity contribution is 6.35. The maximum Gasteiger partial charge on any atom is 0.273 e. The molecule has 4 aromatic rings. The summed E-state index contributed by atoms with van der Waals surface area (Å²) in [6.07, 6.45) is 3.33. The highest BCUT2D eigenvalue weighted by atomic mass is 35.5. The first-order valence-electron chi connectivity index (χ1n) is 9.98. The van der Waals surface area contributed by atoms with Gasteiger partial charge in [0, 0.05) is 50.9 Å². The lowest BCUT2D eigenvalue weighted by atomic mass is 10.1. The van der Waals surface area contributed by atoms with E-state index >= 15 is 0 Å². The van der Waals surface area contributed by atoms with E-state index < -0.39 is 10.8 Å². The molecule has 3 aromatic carbocycles. The van der Waals surface area contributed by atoms with Gasteiger partial charge in [-0.15, -0.1) is 0 Å². The molecule has 0 bridgehead atoms. The summed E-state index contributed by atoms with van der Waals surface area (Å²) in [5.74, 6) is -0.447. The van der Waals surface area contributed by atoms with Crippen LogP contribution in [-0.2, 0) is 17.8 Å². The van der Waals surface area contributed by atoms with Crippen molar-refractivity contribution in [2.45, 2.75) is 13.0 Å². The Morgan fingerprint density at radius 3 is 2.61 bits per heavy atom. The first-order chi connectivity index (χ1) is 15.9. The molecule has 0 unspecified atom stereocenters. The molecule has 0 radical (unpaired) electrons. The topological polar surface area (TPSA) is 89.5 Å². The van der Waals surface area contributed by atoms with E-state index in [2.05, 4.69) is 10.5 Å². The van der Waals surface area contributed by atoms with E-state index in [4.69, 9.17) is 23.2 Å². The van der Waals surface area contributed by atoms with E-state index in [9.17, 15) is 14.9 Å². The standard InChI is InChI=1S/C24H18Cl2N4O3/c25-19-10-9-17(21(26)12-19)14-29-15-18(20-6-2-4-8-23(20)29)13-27-28-24(31)11-16-5-1-3-7-22(16)30(32)33/h1-10,12-13,15H,11,14H2,(H,28,31). The molecule has 0 aliphatic heterocycles. The summed E-state index contributed by atoms with van der Waals surface area (Å²) in [5.41, 5.74) is 5.39. The Labute approximate surface area is 199 Å². The molecule has 0 saturated heterocycles. The SMILES string of the molecule is O=C(Cc1ccccc1[N+](=O)[O-])NN=Cc1cn(Cc2ccc(Cl)cc2Cl)c2ccccc12. The van der Waals surface area contributed by atoms with Crippen LogP contribution in [0.25, 0.3) is 10.9 Å². The first-order valence-corrected chi connectivity index (χ1v) is 10.7. The maximum absolute atomic E-state index is 12.3. The van der Waals surface area contributed by atoms with Crippen LogP contribution < -0.4 is 5.43 Å². The quantitative estimate of drug-likeness (QED) is 0.212. The second-order valence-electron chi connectivity index (χ2n) is 7.32. The van der Waals surface area contributed by atoms with Crippen LogP contribution in [0.15, 0.2) is 78.0 Å². The Bertz CT molecular complexity index is 1380. The molecule has 1 aromatic heterocycles. The van der Waals surface area contributed by atoms with E-state index in [1.54, 1.807) is 36.5 Å². The van der Waals surface area contributed by atoms with Gasteiger partial charge in [-0.1, -0.05) is 65.7 Å². The maximum atomic E-state index is 12.3. The van der Waals surface area contributed by atoms with Crippen molar-refractivity contribution in [3.63, 3.8) is 0 Å². The molecule has 166 valence electrons. The summed E-state index contributed by atoms with van der Waals surface area (Å²) in [4.78, 5) is 22.9. The number of para-hydroxylation sites is 2. The largest absolute Gasteiger partial charge is 0.342 e. The molecule has 33 heavy (non-hydrogen) atoms. The number of hydrogen-bond acceptors (Lipinski definition) is 4. The monoisotopic (exact) mass is 480 g/mol. The molecule has 9 heteroatoms. The molecule has 7 nitrogen and oxygen atoms in total. The fourth-order valence-corrected chi connectivity index (χ4v) is 4.04. The molecule has 0 saturated carbocycles. The second-order valence-corrected chi connectivity index (χ2v) is 8.16. The van der Waals surface area contributed by atoms with Gasteiger partial charge in [-0.3, -0.25) is 14.9 Å². The Balaban J connectivity index is 1.52. The molecular formula is C24H18Cl2N4O3. The number of aromatic nitrogens is 1. The minimum Gasteiger partial charge on any atom is -0.342 e. The van der Waals surface area contributed by atoms with E-state index in [0.717, 1.165) is 22.0 Å². The Kier molecular flexibility index (Phi) is 6.72. The third-order valence-electron chi connectivity index (χ3n) is 5.11. The van der Waals surface area contributed by atoms with Crippen molar-refractivity contribution >= 4 is 51.9 Å². The number of benzene rings is 3. The Morgan fingerprint density at radius 1 is 1.06 bits per heavy atom. The minimum atomic E-state index is -0.506. The van der Waals surface area contributed by atoms with Gasteiger partial charge in [0.1, 0.15) is 0 Å². The lowest BCUT2D eigenvalue weighted by Gasteiger charge is -2.08. The Hall–Kier alpha value is -3.68. The number of carbonyl (C=O) groups is 1. The van der Waals surface area contributed by atoms with Gasteiger partial charge in [0.15, 0.2) is 0 Å². The number of fused-ring (bicyclic) bond motifs is 1. The predicted octanol–water partition coefficient (Wildman–Crippen LogP) is 5.60. The fraction of sp³-hybridized carbons (Fsp3) is 0.0833. The van der Waals surface area contributed by atoms with Gasteiger partial charge in [0.05, 0.1) is 17.6 Å². The van der Waals surface area contributed by atoms with Crippen LogP contribution in [0.2, 0.25) is 10.0 Å². The molecule has 1 N–H and O–H groups in total. The van der Waals surface area contributed by atoms with Gasteiger partial charge in [-0.2, -0.15) is 5.10 Å². The fourth-order valence-electron chi connectivity index (χ4n) is 3.57. The lowest BCUT2D eigenvalue weighted by Crippen LogP contribution is -2.20. The zero-order valence-electron chi connectivity index (χ0n) is 17.2. The average molecular weight is 481 g/mol. The summed E-state index contributed by atoms with van der Waals surface area (Å²) in [7, 11) is 0. The number of carbonyl (C=O) groups excluding carboxylic acids is 1. The number of nitro groups is 1. The molecule has 0 fully saturated rings. The number of halogens is 2. The predicted molar refractivity (Wildman–Crippen MR) is 130 cm³/mol. The van der Waals surface area contributed by atoms with E-state index in [0.29, 0.717) is 22.2 Å². The molecule has 1 amide bonds. The van der Waals surface area contributed by atoms with Gasteiger partial charge >= 0.3 is 0 Å². The highest BCUT2D eigenvalue weighted by Crippen LogP contribution is 2.25. The van der Waals surface area contributed by atoms with Crippen LogP contribution in [0.1, 0.15) is 16.7 Å². The van der Waals surface area contributed by atoms with Crippen LogP contribution in [0.3, 0.4) is 0 Å². The number of rotatable bonds is 7. The number of nitro benzene ring substituents is 1. The number of hydrogen-bond donors (Lipinski definition) is 1. The molecule has 1 heterocycles. The van der Waals surface area contributed by atoms with Gasteiger partial charge in [-0.05, 0) is 23.8 Å². The van der Waals surface area contributed by atoms with Crippen molar-refractivity contribution in [3.05, 3.63) is 110 Å². The van der Waals surface area contributed by atoms with Crippen molar-refractivity contribution in [2.75, 3.05) is 0 Å². The van der Waals surface area contributed by atoms with Gasteiger partial charge in [-0.25, -0.2) is 5.43 Å². The zero-order valence-corrected chi connectivity index (χ0v) is 18.8. The summed E-state index contributed by atoms with van der Waals surface area (Å²) in [6.45, 7) is 0.536. The van der Waals surface area contributed by atoms with Gasteiger partial charge < -0.3 is 4.57 Å². The van der Waals surface area contributed by atoms with Crippen molar-refractivity contribution in [1.82, 2.24) is 9.99 Å². The van der Waals surface area contributed by atoms with E-state index in [-0.39, 0.29) is 12.1 Å². The van der Waals surface area contributed by atoms with Crippen LogP contribution >= 0.6 is 23.2 Å². The normalized spacial score (nSPS) is 11.2. The molecule has 0 atom stereocenters. The van der Waals surface area contributed by atoms with Crippen molar-refractivity contribution < 1.29 is 9.72 Å². The summed E-state index contributed by atoms with van der Waals surface area (Å²) in [6, 6.07) is 19.3. The van der Waals surface area contributed by atoms with Crippen LogP contribution in [0.5, 0.6) is 0 Å². The van der Waals surface area contributed by atoms with Crippen molar-refractivity contribution in [2.24, 2.45) is 5.10 Å². The third kappa shape index (κ3) is 5.22. The first kappa shape index (κ1) is 22.5. The summed E-state index contributed by atoms with van der Waals surface area (Å²) >= 11 is 12.3. The number of hydrazone groups is 1. The number of nitrogens with zero attached hydrogens (tertiary/aromatic N) is 3. The zero-order chi connectivity index (χ0) is 23.4. The highest BCUT2D eigenvalue weighted by Gasteiger charge is 2.15. The molecule has 0 aliphatic carbocycles. The molecule has 4 rings (SSSR count). The minimum absolute atomic E-state index is 0.0967.